The van der Waals surface area contributed by atoms with Crippen LogP contribution in [0, 0.1) is 198 Å². The third kappa shape index (κ3) is 16.6. The quantitative estimate of drug-likeness (QED) is 0.0752. The van der Waals surface area contributed by atoms with Crippen LogP contribution in [-0.2, 0) is 0 Å². The van der Waals surface area contributed by atoms with Gasteiger partial charge < -0.3 is 0 Å². The molecule has 0 heteroatoms. The van der Waals surface area contributed by atoms with Crippen molar-refractivity contribution in [2.24, 2.45) is 0 Å². The Bertz CT molecular complexity index is 9900. The van der Waals surface area contributed by atoms with E-state index >= 15 is 0 Å². The van der Waals surface area contributed by atoms with Gasteiger partial charge in [-0.05, 0) is 325 Å². The van der Waals surface area contributed by atoms with E-state index in [9.17, 15) is 0 Å². The Morgan fingerprint density at radius 1 is 0.101 bits per heavy atom. The number of hydrogen-bond acceptors (Lipinski definition) is 0. The molecule has 21 aromatic carbocycles. The SMILES string of the molecule is C#Cc1ccc(-c2c3ccccc3c(-c3cc(-c4cc(-c5cccc(C#C)c5C#C)cc(-c5cccc(C#C)c5C#C)c4)cc(-c4ccc(-c5cccc(C#C)c5C#C)c(-c5cccc(C#C)c5C#C)c4)c3)c3ccccc23)cc1C#C.C#Cc1ccc(-c2c3ccccc3c(-c3ccc(-c4cccc(-c5ccc(-c6cccc(C#C)c6C#C)cc5-c5cccc(C#C)c5C#C)c4)c4ccccc34)c3ccccc23)cc1C#C. The zero-order chi connectivity index (χ0) is 102. The molecule has 670 valence electrons. The van der Waals surface area contributed by atoms with Gasteiger partial charge >= 0.3 is 0 Å². The van der Waals surface area contributed by atoms with Crippen molar-refractivity contribution in [3.63, 3.8) is 0 Å². The summed E-state index contributed by atoms with van der Waals surface area (Å²) in [7, 11) is 0. The summed E-state index contributed by atoms with van der Waals surface area (Å²) in [5.74, 6) is 45.2. The maximum absolute atomic E-state index is 6.35. The minimum Gasteiger partial charge on any atom is -0.115 e. The lowest BCUT2D eigenvalue weighted by atomic mass is 9.82. The molecule has 0 fully saturated rings. The van der Waals surface area contributed by atoms with Crippen LogP contribution >= 0.6 is 0 Å². The smallest absolute Gasteiger partial charge is 0.0477 e. The molecule has 0 N–H and O–H groups in total. The summed E-state index contributed by atoms with van der Waals surface area (Å²) in [5, 5.41) is 10.9. The van der Waals surface area contributed by atoms with Crippen molar-refractivity contribution in [3.8, 4) is 353 Å². The van der Waals surface area contributed by atoms with E-state index in [1.54, 1.807) is 0 Å². The number of fused-ring (bicyclic) bond motifs is 5. The summed E-state index contributed by atoms with van der Waals surface area (Å²) in [6.45, 7) is 0. The maximum Gasteiger partial charge on any atom is 0.0477 e. The molecule has 0 saturated carbocycles. The number of terminal acetylenes is 16. The van der Waals surface area contributed by atoms with E-state index in [2.05, 4.69) is 331 Å². The molecule has 0 aliphatic rings. The summed E-state index contributed by atoms with van der Waals surface area (Å²) in [6.07, 6.45) is 97.5. The Hall–Kier alpha value is -22.1. The van der Waals surface area contributed by atoms with Gasteiger partial charge in [0, 0.05) is 89.0 Å². The molecule has 0 radical (unpaired) electrons. The van der Waals surface area contributed by atoms with Crippen LogP contribution in [0.2, 0.25) is 0 Å². The van der Waals surface area contributed by atoms with Gasteiger partial charge in [-0.25, -0.2) is 0 Å². The monoisotopic (exact) mass is 1850 g/mol. The van der Waals surface area contributed by atoms with E-state index in [0.29, 0.717) is 89.0 Å². The van der Waals surface area contributed by atoms with Gasteiger partial charge in [-0.3, -0.25) is 0 Å². The Kier molecular flexibility index (Phi) is 25.5. The van der Waals surface area contributed by atoms with E-state index in [-0.39, 0.29) is 0 Å². The number of rotatable bonds is 14. The first-order valence-electron chi connectivity index (χ1n) is 47.4. The third-order valence-electron chi connectivity index (χ3n) is 27.6. The van der Waals surface area contributed by atoms with Gasteiger partial charge in [0.05, 0.1) is 0 Å². The predicted octanol–water partition coefficient (Wildman–Crippen LogP) is 32.2. The van der Waals surface area contributed by atoms with Crippen LogP contribution in [0.25, 0.3) is 210 Å². The van der Waals surface area contributed by atoms with Crippen molar-refractivity contribution >= 4 is 53.9 Å². The highest BCUT2D eigenvalue weighted by atomic mass is 14.3. The van der Waals surface area contributed by atoms with E-state index in [0.717, 1.165) is 204 Å². The lowest BCUT2D eigenvalue weighted by Crippen LogP contribution is -1.97. The van der Waals surface area contributed by atoms with Gasteiger partial charge in [-0.1, -0.05) is 356 Å². The summed E-state index contributed by atoms with van der Waals surface area (Å²) in [5.41, 5.74) is 36.0. The third-order valence-corrected chi connectivity index (χ3v) is 27.6. The highest BCUT2D eigenvalue weighted by Crippen LogP contribution is 2.52. The molecule has 0 unspecified atom stereocenters. The summed E-state index contributed by atoms with van der Waals surface area (Å²) >= 11 is 0. The molecule has 0 spiro atoms. The van der Waals surface area contributed by atoms with Crippen LogP contribution in [0.15, 0.2) is 376 Å². The fourth-order valence-corrected chi connectivity index (χ4v) is 20.9. The predicted molar refractivity (Wildman–Crippen MR) is 623 cm³/mol. The second kappa shape index (κ2) is 40.4. The highest BCUT2D eigenvalue weighted by molar-refractivity contribution is 6.25. The van der Waals surface area contributed by atoms with Crippen molar-refractivity contribution in [1.29, 1.82) is 0 Å². The van der Waals surface area contributed by atoms with Gasteiger partial charge in [-0.2, -0.15) is 0 Å². The first-order valence-corrected chi connectivity index (χ1v) is 47.4. The van der Waals surface area contributed by atoms with E-state index < -0.39 is 0 Å². The van der Waals surface area contributed by atoms with Crippen LogP contribution in [-0.4, -0.2) is 0 Å². The molecule has 21 aromatic rings. The van der Waals surface area contributed by atoms with Crippen LogP contribution < -0.4 is 0 Å². The Labute approximate surface area is 865 Å². The molecule has 0 heterocycles. The average Bonchev–Trinajstić information content (AvgIpc) is 0.724. The molecule has 0 atom stereocenters. The van der Waals surface area contributed by atoms with Gasteiger partial charge in [0.25, 0.3) is 0 Å². The van der Waals surface area contributed by atoms with Gasteiger partial charge in [0.1, 0.15) is 0 Å². The highest BCUT2D eigenvalue weighted by Gasteiger charge is 2.27. The van der Waals surface area contributed by atoms with Crippen molar-refractivity contribution in [3.05, 3.63) is 465 Å². The molecular weight excluding hydrogens is 1780 g/mol. The number of hydrogen-bond donors (Lipinski definition) is 0. The zero-order valence-corrected chi connectivity index (χ0v) is 80.0. The van der Waals surface area contributed by atoms with E-state index in [1.165, 1.54) is 5.56 Å². The lowest BCUT2D eigenvalue weighted by Gasteiger charge is -2.21. The van der Waals surface area contributed by atoms with Crippen LogP contribution in [0.1, 0.15) is 89.0 Å². The lowest BCUT2D eigenvalue weighted by molar-refractivity contribution is 1.50. The summed E-state index contributed by atoms with van der Waals surface area (Å²) in [4.78, 5) is 0. The minimum absolute atomic E-state index is 0.569. The van der Waals surface area contributed by atoms with Crippen molar-refractivity contribution in [2.75, 3.05) is 0 Å². The van der Waals surface area contributed by atoms with E-state index in [1.807, 2.05) is 140 Å². The standard InChI is InChI=1S/C82H42.C66H36/c1-11-53-41-42-60(45-58(53)16-6)81-76-33-21-23-35-78(76)82(79-36-24-22-34-77(79)81)66-49-61(59-43-44-75(73-39-27-31-56(14-4)69(73)19-9)80(52-59)74-40-28-32-57(15-5)70(74)20-10)46-62(50-66)63-47-64(71-37-25-29-54(12-2)67(71)17-7)51-65(48-63)72-38-26-30-55(13-3)68(72)18-8;1-7-43-34-35-50(40-46(43)10-4)65-59-28-15-17-30-61(59)66(62-31-18-16-29-60(62)65)63-39-38-54(57-26-13-14-27-58(57)63)47-24-19-25-48(41-47)55-37-36-49(53-32-20-22-44(8-2)51(53)11-5)42-64(55)56-33-21-23-45(9-3)52(56)12-6/h1-10,21-52H;1-6,13-42H. The van der Waals surface area contributed by atoms with Crippen LogP contribution in [0.4, 0.5) is 0 Å². The molecule has 0 nitrogen and oxygen atoms in total. The van der Waals surface area contributed by atoms with Crippen LogP contribution in [0.5, 0.6) is 0 Å². The van der Waals surface area contributed by atoms with Gasteiger partial charge in [-0.15, -0.1) is 103 Å². The van der Waals surface area contributed by atoms with Crippen molar-refractivity contribution in [2.45, 2.75) is 0 Å². The van der Waals surface area contributed by atoms with Crippen molar-refractivity contribution < 1.29 is 0 Å². The average molecular weight is 1860 g/mol. The molecule has 0 bridgehead atoms. The summed E-state index contributed by atoms with van der Waals surface area (Å²) < 4.78 is 0. The largest absolute Gasteiger partial charge is 0.115 e. The molecule has 0 amide bonds. The number of benzene rings is 21. The molecule has 21 rings (SSSR count). The second-order valence-electron chi connectivity index (χ2n) is 35.3. The van der Waals surface area contributed by atoms with E-state index in [4.69, 9.17) is 103 Å². The molecular formula is C148H78. The molecule has 148 heavy (non-hydrogen) atoms. The normalized spacial score (nSPS) is 10.5. The van der Waals surface area contributed by atoms with Gasteiger partial charge in [0.15, 0.2) is 0 Å². The molecule has 0 saturated heterocycles. The Morgan fingerprint density at radius 3 is 0.716 bits per heavy atom. The molecule has 0 aliphatic heterocycles. The minimum atomic E-state index is 0.569. The van der Waals surface area contributed by atoms with Crippen LogP contribution in [0.3, 0.4) is 0 Å². The Balaban J connectivity index is 0.000000184. The maximum atomic E-state index is 6.35. The van der Waals surface area contributed by atoms with Gasteiger partial charge in [0.2, 0.25) is 0 Å². The fraction of sp³-hybridized carbons (Fsp3) is 0. The second-order valence-corrected chi connectivity index (χ2v) is 35.3. The molecule has 0 aliphatic carbocycles. The van der Waals surface area contributed by atoms with Crippen molar-refractivity contribution in [1.82, 2.24) is 0 Å². The Morgan fingerprint density at radius 2 is 0.338 bits per heavy atom. The zero-order valence-electron chi connectivity index (χ0n) is 80.0. The first kappa shape index (κ1) is 93.5. The summed E-state index contributed by atoms with van der Waals surface area (Å²) in [6, 6.07) is 128. The fourth-order valence-electron chi connectivity index (χ4n) is 20.9. The first-order chi connectivity index (χ1) is 72.7. The molecule has 0 aromatic heterocycles. The topological polar surface area (TPSA) is 0 Å².